The van der Waals surface area contributed by atoms with Crippen molar-refractivity contribution in [2.45, 2.75) is 11.4 Å². The molecular formula is C13H13N5O2S. The quantitative estimate of drug-likeness (QED) is 0.848. The maximum absolute atomic E-state index is 11.7. The molecule has 0 saturated heterocycles. The Kier molecular flexibility index (Phi) is 4.47. The second-order valence-electron chi connectivity index (χ2n) is 4.07. The summed E-state index contributed by atoms with van der Waals surface area (Å²) in [6.45, 7) is 0.334. The van der Waals surface area contributed by atoms with E-state index in [-0.39, 0.29) is 10.6 Å². The van der Waals surface area contributed by atoms with Gasteiger partial charge in [-0.25, -0.2) is 23.1 Å². The normalized spacial score (nSPS) is 10.9. The molecule has 0 bridgehead atoms. The van der Waals surface area contributed by atoms with E-state index in [1.807, 2.05) is 6.07 Å². The largest absolute Gasteiger partial charge is 0.364 e. The molecule has 0 radical (unpaired) electrons. The first kappa shape index (κ1) is 14.9. The van der Waals surface area contributed by atoms with Gasteiger partial charge in [-0.05, 0) is 24.7 Å². The van der Waals surface area contributed by atoms with Crippen LogP contribution in [0.2, 0.25) is 0 Å². The summed E-state index contributed by atoms with van der Waals surface area (Å²) < 4.78 is 25.7. The number of benzene rings is 1. The van der Waals surface area contributed by atoms with Gasteiger partial charge >= 0.3 is 0 Å². The summed E-state index contributed by atoms with van der Waals surface area (Å²) in [5.41, 5.74) is 0.942. The van der Waals surface area contributed by atoms with Gasteiger partial charge in [-0.2, -0.15) is 5.26 Å². The molecule has 7 nitrogen and oxygen atoms in total. The van der Waals surface area contributed by atoms with Crippen molar-refractivity contribution >= 4 is 15.8 Å². The molecule has 108 valence electrons. The highest BCUT2D eigenvalue weighted by Crippen LogP contribution is 2.13. The fourth-order valence-corrected chi connectivity index (χ4v) is 2.48. The summed E-state index contributed by atoms with van der Waals surface area (Å²) in [6, 6.07) is 8.44. The first-order valence-corrected chi connectivity index (χ1v) is 7.52. The van der Waals surface area contributed by atoms with Crippen LogP contribution in [0.15, 0.2) is 41.6 Å². The van der Waals surface area contributed by atoms with E-state index in [1.54, 1.807) is 18.2 Å². The molecule has 2 N–H and O–H groups in total. The van der Waals surface area contributed by atoms with Gasteiger partial charge in [-0.1, -0.05) is 12.1 Å². The van der Waals surface area contributed by atoms with Crippen molar-refractivity contribution in [1.29, 1.82) is 5.26 Å². The maximum atomic E-state index is 11.7. The molecule has 0 unspecified atom stereocenters. The molecule has 1 aromatic carbocycles. The molecule has 0 saturated carbocycles. The lowest BCUT2D eigenvalue weighted by molar-refractivity contribution is 0.588. The van der Waals surface area contributed by atoms with E-state index in [0.717, 1.165) is 5.56 Å². The topological polar surface area (TPSA) is 108 Å². The Balaban J connectivity index is 2.18. The van der Waals surface area contributed by atoms with Crippen molar-refractivity contribution in [1.82, 2.24) is 14.7 Å². The molecule has 0 aliphatic carbocycles. The molecule has 0 atom stereocenters. The highest BCUT2D eigenvalue weighted by Gasteiger charge is 2.11. The van der Waals surface area contributed by atoms with Gasteiger partial charge in [-0.15, -0.1) is 0 Å². The van der Waals surface area contributed by atoms with Crippen molar-refractivity contribution in [3.63, 3.8) is 0 Å². The Morgan fingerprint density at radius 3 is 2.76 bits per heavy atom. The maximum Gasteiger partial charge on any atom is 0.240 e. The number of sulfonamides is 1. The van der Waals surface area contributed by atoms with E-state index < -0.39 is 10.0 Å². The fraction of sp³-hybridized carbons (Fsp3) is 0.154. The Labute approximate surface area is 122 Å². The Hall–Kier alpha value is -2.50. The minimum atomic E-state index is -3.47. The van der Waals surface area contributed by atoms with Crippen LogP contribution in [0.1, 0.15) is 11.3 Å². The summed E-state index contributed by atoms with van der Waals surface area (Å²) >= 11 is 0. The van der Waals surface area contributed by atoms with Crippen LogP contribution < -0.4 is 10.0 Å². The summed E-state index contributed by atoms with van der Waals surface area (Å²) in [7, 11) is -2.11. The molecule has 0 spiro atoms. The zero-order valence-corrected chi connectivity index (χ0v) is 12.1. The SMILES string of the molecule is CNS(=O)(=O)c1cccc(CNc2nccnc2C#N)c1. The lowest BCUT2D eigenvalue weighted by Crippen LogP contribution is -2.18. The average Bonchev–Trinajstić information content (AvgIpc) is 2.53. The molecule has 0 aliphatic heterocycles. The first-order chi connectivity index (χ1) is 10.1. The van der Waals surface area contributed by atoms with Crippen molar-refractivity contribution in [2.75, 3.05) is 12.4 Å². The number of anilines is 1. The van der Waals surface area contributed by atoms with Gasteiger partial charge in [0.25, 0.3) is 0 Å². The van der Waals surface area contributed by atoms with Crippen LogP contribution in [0.25, 0.3) is 0 Å². The predicted octanol–water partition coefficient (Wildman–Crippen LogP) is 0.868. The van der Waals surface area contributed by atoms with Gasteiger partial charge in [-0.3, -0.25) is 0 Å². The molecular weight excluding hydrogens is 290 g/mol. The lowest BCUT2D eigenvalue weighted by Gasteiger charge is -2.08. The second-order valence-corrected chi connectivity index (χ2v) is 5.96. The minimum Gasteiger partial charge on any atom is -0.364 e. The highest BCUT2D eigenvalue weighted by atomic mass is 32.2. The number of rotatable bonds is 5. The van der Waals surface area contributed by atoms with Crippen LogP contribution in [0.4, 0.5) is 5.82 Å². The molecule has 2 rings (SSSR count). The summed E-state index contributed by atoms with van der Waals surface area (Å²) in [5, 5.41) is 11.9. The van der Waals surface area contributed by atoms with Crippen molar-refractivity contribution in [3.8, 4) is 6.07 Å². The van der Waals surface area contributed by atoms with E-state index in [2.05, 4.69) is 20.0 Å². The van der Waals surface area contributed by atoms with Crippen LogP contribution in [0.5, 0.6) is 0 Å². The molecule has 21 heavy (non-hydrogen) atoms. The van der Waals surface area contributed by atoms with Gasteiger partial charge in [0.15, 0.2) is 11.5 Å². The molecule has 0 amide bonds. The molecule has 0 fully saturated rings. The fourth-order valence-electron chi connectivity index (χ4n) is 1.68. The van der Waals surface area contributed by atoms with Gasteiger partial charge in [0.1, 0.15) is 6.07 Å². The first-order valence-electron chi connectivity index (χ1n) is 6.04. The number of hydrogen-bond donors (Lipinski definition) is 2. The molecule has 1 aromatic heterocycles. The van der Waals surface area contributed by atoms with E-state index in [9.17, 15) is 8.42 Å². The zero-order valence-electron chi connectivity index (χ0n) is 11.2. The van der Waals surface area contributed by atoms with Gasteiger partial charge in [0.2, 0.25) is 10.0 Å². The number of nitrogens with one attached hydrogen (secondary N) is 2. The van der Waals surface area contributed by atoms with E-state index in [1.165, 1.54) is 25.5 Å². The van der Waals surface area contributed by atoms with Gasteiger partial charge in [0.05, 0.1) is 4.90 Å². The standard InChI is InChI=1S/C13H13N5O2S/c1-15-21(19,20)11-4-2-3-10(7-11)9-18-13-12(8-14)16-5-6-17-13/h2-7,15H,9H2,1H3,(H,17,18). The van der Waals surface area contributed by atoms with E-state index in [0.29, 0.717) is 12.4 Å². The number of aromatic nitrogens is 2. The number of hydrogen-bond acceptors (Lipinski definition) is 6. The second kappa shape index (κ2) is 6.30. The Bertz CT molecular complexity index is 783. The van der Waals surface area contributed by atoms with Gasteiger partial charge < -0.3 is 5.32 Å². The summed E-state index contributed by atoms with van der Waals surface area (Å²) in [4.78, 5) is 8.10. The third-order valence-electron chi connectivity index (χ3n) is 2.74. The zero-order chi connectivity index (χ0) is 15.3. The number of nitriles is 1. The molecule has 2 aromatic rings. The highest BCUT2D eigenvalue weighted by molar-refractivity contribution is 7.89. The van der Waals surface area contributed by atoms with Crippen LogP contribution in [-0.4, -0.2) is 25.4 Å². The van der Waals surface area contributed by atoms with Crippen LogP contribution in [0, 0.1) is 11.3 Å². The van der Waals surface area contributed by atoms with Crippen LogP contribution in [-0.2, 0) is 16.6 Å². The van der Waals surface area contributed by atoms with Crippen LogP contribution >= 0.6 is 0 Å². The van der Waals surface area contributed by atoms with E-state index >= 15 is 0 Å². The summed E-state index contributed by atoms with van der Waals surface area (Å²) in [6.07, 6.45) is 2.91. The van der Waals surface area contributed by atoms with Crippen molar-refractivity contribution < 1.29 is 8.42 Å². The van der Waals surface area contributed by atoms with E-state index in [4.69, 9.17) is 5.26 Å². The minimum absolute atomic E-state index is 0.184. The smallest absolute Gasteiger partial charge is 0.240 e. The van der Waals surface area contributed by atoms with Crippen LogP contribution in [0.3, 0.4) is 0 Å². The predicted molar refractivity (Wildman–Crippen MR) is 76.8 cm³/mol. The Morgan fingerprint density at radius 2 is 2.05 bits per heavy atom. The monoisotopic (exact) mass is 303 g/mol. The summed E-state index contributed by atoms with van der Waals surface area (Å²) in [5.74, 6) is 0.363. The lowest BCUT2D eigenvalue weighted by atomic mass is 10.2. The Morgan fingerprint density at radius 1 is 1.29 bits per heavy atom. The van der Waals surface area contributed by atoms with Crippen molar-refractivity contribution in [3.05, 3.63) is 47.9 Å². The molecule has 1 heterocycles. The third-order valence-corrected chi connectivity index (χ3v) is 4.15. The molecule has 8 heteroatoms. The average molecular weight is 303 g/mol. The molecule has 0 aliphatic rings. The third kappa shape index (κ3) is 3.53. The number of nitrogens with zero attached hydrogens (tertiary/aromatic N) is 3. The van der Waals surface area contributed by atoms with Crippen molar-refractivity contribution in [2.24, 2.45) is 0 Å². The van der Waals surface area contributed by atoms with Gasteiger partial charge in [0, 0.05) is 18.9 Å².